The highest BCUT2D eigenvalue weighted by atomic mass is 16.5. The van der Waals surface area contributed by atoms with E-state index >= 15 is 0 Å². The molecule has 0 radical (unpaired) electrons. The van der Waals surface area contributed by atoms with Crippen LogP contribution < -0.4 is 15.4 Å². The molecule has 1 atom stereocenters. The number of benzene rings is 1. The number of ether oxygens (including phenoxy) is 1. The zero-order valence-corrected chi connectivity index (χ0v) is 12.2. The Hall–Kier alpha value is -2.08. The van der Waals surface area contributed by atoms with Gasteiger partial charge in [0.2, 0.25) is 5.89 Å². The number of anilines is 2. The molecule has 0 saturated carbocycles. The molecule has 1 heterocycles. The van der Waals surface area contributed by atoms with Crippen molar-refractivity contribution in [3.63, 3.8) is 0 Å². The van der Waals surface area contributed by atoms with Gasteiger partial charge in [0.05, 0.1) is 13.2 Å². The summed E-state index contributed by atoms with van der Waals surface area (Å²) in [6, 6.07) is 6.20. The third kappa shape index (κ3) is 3.27. The van der Waals surface area contributed by atoms with Gasteiger partial charge in [0.1, 0.15) is 5.75 Å². The fraction of sp³-hybridized carbons (Fsp3) is 0.429. The number of rotatable bonds is 6. The largest absolute Gasteiger partial charge is 0.496 e. The minimum absolute atomic E-state index is 0.0423. The number of nitrogens with zero attached hydrogens (tertiary/aromatic N) is 2. The summed E-state index contributed by atoms with van der Waals surface area (Å²) in [4.78, 5) is 0. The standard InChI is InChI=1S/C14H20N4O2/c1-5-15-10(3)13-17-18-14(20-13)16-11-6-7-12(19-4)9(2)8-11/h6-8,10,15H,5H2,1-4H3,(H,16,18). The minimum atomic E-state index is 0.0423. The van der Waals surface area contributed by atoms with Crippen molar-refractivity contribution in [3.05, 3.63) is 29.7 Å². The SMILES string of the molecule is CCNC(C)c1nnc(Nc2ccc(OC)c(C)c2)o1. The fourth-order valence-electron chi connectivity index (χ4n) is 1.93. The van der Waals surface area contributed by atoms with Gasteiger partial charge in [-0.2, -0.15) is 0 Å². The van der Waals surface area contributed by atoms with Crippen LogP contribution in [0.25, 0.3) is 0 Å². The highest BCUT2D eigenvalue weighted by Gasteiger charge is 2.13. The van der Waals surface area contributed by atoms with Gasteiger partial charge >= 0.3 is 6.01 Å². The summed E-state index contributed by atoms with van der Waals surface area (Å²) in [5, 5.41) is 14.3. The van der Waals surface area contributed by atoms with Crippen LogP contribution in [0.5, 0.6) is 5.75 Å². The van der Waals surface area contributed by atoms with E-state index in [1.807, 2.05) is 39.0 Å². The molecule has 0 aliphatic rings. The predicted molar refractivity (Wildman–Crippen MR) is 77.4 cm³/mol. The van der Waals surface area contributed by atoms with Crippen LogP contribution in [0.4, 0.5) is 11.7 Å². The van der Waals surface area contributed by atoms with E-state index in [-0.39, 0.29) is 6.04 Å². The van der Waals surface area contributed by atoms with Crippen molar-refractivity contribution in [2.24, 2.45) is 0 Å². The van der Waals surface area contributed by atoms with Crippen LogP contribution in [0, 0.1) is 6.92 Å². The Balaban J connectivity index is 2.08. The molecule has 6 nitrogen and oxygen atoms in total. The summed E-state index contributed by atoms with van der Waals surface area (Å²) in [6.07, 6.45) is 0. The molecule has 0 spiro atoms. The number of hydrogen-bond donors (Lipinski definition) is 2. The molecule has 1 aromatic carbocycles. The second-order valence-corrected chi connectivity index (χ2v) is 4.53. The van der Waals surface area contributed by atoms with Crippen molar-refractivity contribution < 1.29 is 9.15 Å². The van der Waals surface area contributed by atoms with E-state index in [4.69, 9.17) is 9.15 Å². The van der Waals surface area contributed by atoms with E-state index in [0.717, 1.165) is 23.5 Å². The number of methoxy groups -OCH3 is 1. The van der Waals surface area contributed by atoms with Crippen LogP contribution in [0.1, 0.15) is 31.3 Å². The van der Waals surface area contributed by atoms with Crippen LogP contribution in [0.15, 0.2) is 22.6 Å². The molecule has 0 aliphatic heterocycles. The van der Waals surface area contributed by atoms with Crippen molar-refractivity contribution in [1.82, 2.24) is 15.5 Å². The number of nitrogens with one attached hydrogen (secondary N) is 2. The molecular formula is C14H20N4O2. The lowest BCUT2D eigenvalue weighted by atomic mass is 10.2. The normalized spacial score (nSPS) is 12.2. The van der Waals surface area contributed by atoms with E-state index in [1.54, 1.807) is 7.11 Å². The fourth-order valence-corrected chi connectivity index (χ4v) is 1.93. The number of hydrogen-bond acceptors (Lipinski definition) is 6. The van der Waals surface area contributed by atoms with E-state index in [1.165, 1.54) is 0 Å². The Kier molecular flexibility index (Phi) is 4.57. The van der Waals surface area contributed by atoms with Crippen LogP contribution in [0.3, 0.4) is 0 Å². The Labute approximate surface area is 118 Å². The second kappa shape index (κ2) is 6.38. The van der Waals surface area contributed by atoms with E-state index in [2.05, 4.69) is 20.8 Å². The Bertz CT molecular complexity index is 568. The van der Waals surface area contributed by atoms with Crippen LogP contribution in [0.2, 0.25) is 0 Å². The molecule has 0 saturated heterocycles. The lowest BCUT2D eigenvalue weighted by molar-refractivity contribution is 0.411. The molecule has 2 aromatic rings. The first-order valence-corrected chi connectivity index (χ1v) is 6.62. The first-order chi connectivity index (χ1) is 9.63. The van der Waals surface area contributed by atoms with Gasteiger partial charge in [0.25, 0.3) is 0 Å². The Morgan fingerprint density at radius 2 is 2.15 bits per heavy atom. The molecule has 0 aliphatic carbocycles. The van der Waals surface area contributed by atoms with Gasteiger partial charge in [-0.1, -0.05) is 12.0 Å². The summed E-state index contributed by atoms with van der Waals surface area (Å²) in [5.41, 5.74) is 1.92. The van der Waals surface area contributed by atoms with Gasteiger partial charge in [-0.05, 0) is 44.2 Å². The summed E-state index contributed by atoms with van der Waals surface area (Å²) < 4.78 is 10.8. The third-order valence-electron chi connectivity index (χ3n) is 2.97. The summed E-state index contributed by atoms with van der Waals surface area (Å²) >= 11 is 0. The summed E-state index contributed by atoms with van der Waals surface area (Å²) in [7, 11) is 1.65. The van der Waals surface area contributed by atoms with Crippen molar-refractivity contribution in [2.45, 2.75) is 26.8 Å². The maximum absolute atomic E-state index is 5.57. The summed E-state index contributed by atoms with van der Waals surface area (Å²) in [6.45, 7) is 6.85. The number of aryl methyl sites for hydroxylation is 1. The molecule has 1 aromatic heterocycles. The summed E-state index contributed by atoms with van der Waals surface area (Å²) in [5.74, 6) is 1.42. The van der Waals surface area contributed by atoms with Gasteiger partial charge in [-0.3, -0.25) is 0 Å². The Morgan fingerprint density at radius 3 is 2.80 bits per heavy atom. The molecule has 2 N–H and O–H groups in total. The molecule has 20 heavy (non-hydrogen) atoms. The van der Waals surface area contributed by atoms with Gasteiger partial charge in [-0.15, -0.1) is 5.10 Å². The molecule has 108 valence electrons. The average molecular weight is 276 g/mol. The van der Waals surface area contributed by atoms with Crippen molar-refractivity contribution in [2.75, 3.05) is 19.0 Å². The van der Waals surface area contributed by atoms with Gasteiger partial charge in [0, 0.05) is 5.69 Å². The monoisotopic (exact) mass is 276 g/mol. The van der Waals surface area contributed by atoms with Crippen LogP contribution in [-0.2, 0) is 0 Å². The van der Waals surface area contributed by atoms with Gasteiger partial charge in [0.15, 0.2) is 0 Å². The minimum Gasteiger partial charge on any atom is -0.496 e. The zero-order chi connectivity index (χ0) is 14.5. The third-order valence-corrected chi connectivity index (χ3v) is 2.97. The zero-order valence-electron chi connectivity index (χ0n) is 12.2. The highest BCUT2D eigenvalue weighted by Crippen LogP contribution is 2.24. The quantitative estimate of drug-likeness (QED) is 0.845. The molecule has 1 unspecified atom stereocenters. The van der Waals surface area contributed by atoms with Crippen LogP contribution >= 0.6 is 0 Å². The average Bonchev–Trinajstić information content (AvgIpc) is 2.88. The maximum Gasteiger partial charge on any atom is 0.320 e. The second-order valence-electron chi connectivity index (χ2n) is 4.53. The first-order valence-electron chi connectivity index (χ1n) is 6.62. The topological polar surface area (TPSA) is 72.2 Å². The Morgan fingerprint density at radius 1 is 1.35 bits per heavy atom. The van der Waals surface area contributed by atoms with Gasteiger partial charge < -0.3 is 19.8 Å². The van der Waals surface area contributed by atoms with Crippen molar-refractivity contribution in [3.8, 4) is 5.75 Å². The molecule has 0 fully saturated rings. The molecule has 0 amide bonds. The van der Waals surface area contributed by atoms with E-state index in [9.17, 15) is 0 Å². The number of aromatic nitrogens is 2. The maximum atomic E-state index is 5.57. The lowest BCUT2D eigenvalue weighted by Gasteiger charge is -2.07. The molecule has 6 heteroatoms. The van der Waals surface area contributed by atoms with E-state index < -0.39 is 0 Å². The van der Waals surface area contributed by atoms with E-state index in [0.29, 0.717) is 11.9 Å². The van der Waals surface area contributed by atoms with Gasteiger partial charge in [-0.25, -0.2) is 0 Å². The molecule has 2 rings (SSSR count). The molecule has 0 bridgehead atoms. The predicted octanol–water partition coefficient (Wildman–Crippen LogP) is 2.80. The smallest absolute Gasteiger partial charge is 0.320 e. The lowest BCUT2D eigenvalue weighted by Crippen LogP contribution is -2.17. The first kappa shape index (κ1) is 14.3. The van der Waals surface area contributed by atoms with Crippen molar-refractivity contribution in [1.29, 1.82) is 0 Å². The highest BCUT2D eigenvalue weighted by molar-refractivity contribution is 5.56. The molecular weight excluding hydrogens is 256 g/mol. The van der Waals surface area contributed by atoms with Crippen LogP contribution in [-0.4, -0.2) is 23.9 Å². The van der Waals surface area contributed by atoms with Crippen molar-refractivity contribution >= 4 is 11.7 Å².